The third-order valence-electron chi connectivity index (χ3n) is 1.83. The molecule has 0 spiro atoms. The van der Waals surface area contributed by atoms with Gasteiger partial charge in [-0.05, 0) is 22.8 Å². The van der Waals surface area contributed by atoms with Crippen molar-refractivity contribution >= 4 is 12.2 Å². The summed E-state index contributed by atoms with van der Waals surface area (Å²) < 4.78 is 0. The summed E-state index contributed by atoms with van der Waals surface area (Å²) >= 11 is 0. The van der Waals surface area contributed by atoms with Crippen LogP contribution in [0.2, 0.25) is 0 Å². The van der Waals surface area contributed by atoms with Crippen LogP contribution in [0.3, 0.4) is 0 Å². The molecule has 0 aliphatic carbocycles. The van der Waals surface area contributed by atoms with Crippen LogP contribution in [0.5, 0.6) is 0 Å². The molecule has 0 heterocycles. The van der Waals surface area contributed by atoms with E-state index in [0.717, 1.165) is 16.7 Å². The Morgan fingerprint density at radius 1 is 1.14 bits per heavy atom. The van der Waals surface area contributed by atoms with Gasteiger partial charge in [0.25, 0.3) is 0 Å². The largest absolute Gasteiger partial charge is 0.326 e. The molecule has 0 radical (unpaired) electrons. The molecule has 0 aliphatic rings. The van der Waals surface area contributed by atoms with E-state index in [0.29, 0.717) is 6.54 Å². The highest BCUT2D eigenvalue weighted by Gasteiger charge is 1.95. The molecule has 2 N–H and O–H groups in total. The van der Waals surface area contributed by atoms with Crippen molar-refractivity contribution < 1.29 is 0 Å². The van der Waals surface area contributed by atoms with Crippen molar-refractivity contribution in [3.8, 4) is 0 Å². The molecular weight excluding hydrogens is 170 g/mol. The second-order valence-electron chi connectivity index (χ2n) is 2.58. The van der Waals surface area contributed by atoms with Crippen molar-refractivity contribution in [2.45, 2.75) is 20.4 Å². The van der Waals surface area contributed by atoms with Crippen LogP contribution < -0.4 is 5.73 Å². The van der Waals surface area contributed by atoms with Crippen molar-refractivity contribution in [2.24, 2.45) is 5.73 Å². The quantitative estimate of drug-likeness (QED) is 0.774. The highest BCUT2D eigenvalue weighted by atomic mass is 14.5. The average molecular weight is 189 g/mol. The van der Waals surface area contributed by atoms with Gasteiger partial charge in [-0.15, -0.1) is 0 Å². The Hall–Kier alpha value is -1.34. The Labute approximate surface area is 87.0 Å². The first-order valence-electron chi connectivity index (χ1n) is 4.89. The van der Waals surface area contributed by atoms with Gasteiger partial charge in [-0.2, -0.15) is 0 Å². The normalized spacial score (nSPS) is 8.50. The van der Waals surface area contributed by atoms with Gasteiger partial charge in [0.2, 0.25) is 0 Å². The Balaban J connectivity index is 0.000000791. The smallest absolute Gasteiger partial charge is 0.0178 e. The fraction of sp³-hybridized carbons (Fsp3) is 0.231. The zero-order chi connectivity index (χ0) is 11.0. The molecule has 0 saturated heterocycles. The Morgan fingerprint density at radius 3 is 2.14 bits per heavy atom. The second kappa shape index (κ2) is 7.10. The Kier molecular flexibility index (Phi) is 6.42. The van der Waals surface area contributed by atoms with E-state index in [4.69, 9.17) is 5.73 Å². The lowest BCUT2D eigenvalue weighted by Gasteiger charge is -2.02. The summed E-state index contributed by atoms with van der Waals surface area (Å²) in [6, 6.07) is 6.04. The van der Waals surface area contributed by atoms with Crippen LogP contribution in [0.15, 0.2) is 31.4 Å². The molecule has 0 saturated carbocycles. The molecule has 0 unspecified atom stereocenters. The number of rotatable bonds is 3. The van der Waals surface area contributed by atoms with Gasteiger partial charge in [0.05, 0.1) is 0 Å². The molecule has 1 rings (SSSR count). The maximum Gasteiger partial charge on any atom is 0.0178 e. The van der Waals surface area contributed by atoms with E-state index in [1.165, 1.54) is 0 Å². The number of hydrogen-bond donors (Lipinski definition) is 1. The van der Waals surface area contributed by atoms with Crippen LogP contribution in [0.1, 0.15) is 30.5 Å². The van der Waals surface area contributed by atoms with Crippen molar-refractivity contribution in [1.82, 2.24) is 0 Å². The van der Waals surface area contributed by atoms with Gasteiger partial charge >= 0.3 is 0 Å². The minimum absolute atomic E-state index is 0.568. The molecule has 0 aliphatic heterocycles. The lowest BCUT2D eigenvalue weighted by molar-refractivity contribution is 1.07. The monoisotopic (exact) mass is 189 g/mol. The summed E-state index contributed by atoms with van der Waals surface area (Å²) in [5.41, 5.74) is 8.82. The first-order chi connectivity index (χ1) is 6.81. The van der Waals surface area contributed by atoms with E-state index in [2.05, 4.69) is 13.2 Å². The molecule has 1 aromatic carbocycles. The van der Waals surface area contributed by atoms with E-state index in [-0.39, 0.29) is 0 Å². The van der Waals surface area contributed by atoms with Gasteiger partial charge in [-0.3, -0.25) is 0 Å². The van der Waals surface area contributed by atoms with E-state index in [1.807, 2.05) is 44.2 Å². The average Bonchev–Trinajstić information content (AvgIpc) is 2.30. The van der Waals surface area contributed by atoms with Crippen LogP contribution in [0.25, 0.3) is 12.2 Å². The molecule has 76 valence electrons. The minimum atomic E-state index is 0.568. The first-order valence-corrected chi connectivity index (χ1v) is 4.89. The van der Waals surface area contributed by atoms with Crippen molar-refractivity contribution in [3.63, 3.8) is 0 Å². The predicted molar refractivity (Wildman–Crippen MR) is 65.9 cm³/mol. The first kappa shape index (κ1) is 12.7. The maximum atomic E-state index is 5.50. The van der Waals surface area contributed by atoms with Crippen LogP contribution in [0, 0.1) is 0 Å². The SMILES string of the molecule is C=Cc1ccc(CN)cc1C=C.CC. The van der Waals surface area contributed by atoms with Gasteiger partial charge < -0.3 is 5.73 Å². The number of hydrogen-bond acceptors (Lipinski definition) is 1. The van der Waals surface area contributed by atoms with E-state index < -0.39 is 0 Å². The minimum Gasteiger partial charge on any atom is -0.326 e. The van der Waals surface area contributed by atoms with Gasteiger partial charge in [0, 0.05) is 6.54 Å². The van der Waals surface area contributed by atoms with Crippen molar-refractivity contribution in [1.29, 1.82) is 0 Å². The predicted octanol–water partition coefficient (Wildman–Crippen LogP) is 3.46. The summed E-state index contributed by atoms with van der Waals surface area (Å²) in [5, 5.41) is 0. The van der Waals surface area contributed by atoms with Crippen molar-refractivity contribution in [3.05, 3.63) is 48.0 Å². The van der Waals surface area contributed by atoms with Crippen LogP contribution in [-0.4, -0.2) is 0 Å². The Bertz CT molecular complexity index is 300. The topological polar surface area (TPSA) is 26.0 Å². The lowest BCUT2D eigenvalue weighted by atomic mass is 10.0. The molecule has 0 fully saturated rings. The van der Waals surface area contributed by atoms with E-state index in [1.54, 1.807) is 0 Å². The van der Waals surface area contributed by atoms with Crippen LogP contribution in [0.4, 0.5) is 0 Å². The Morgan fingerprint density at radius 2 is 1.71 bits per heavy atom. The van der Waals surface area contributed by atoms with Gasteiger partial charge in [0.1, 0.15) is 0 Å². The highest BCUT2D eigenvalue weighted by molar-refractivity contribution is 5.64. The lowest BCUT2D eigenvalue weighted by Crippen LogP contribution is -1.96. The van der Waals surface area contributed by atoms with Crippen LogP contribution >= 0.6 is 0 Å². The molecule has 1 nitrogen and oxygen atoms in total. The number of nitrogens with two attached hydrogens (primary N) is 1. The molecule has 1 aromatic rings. The molecule has 0 bridgehead atoms. The maximum absolute atomic E-state index is 5.50. The van der Waals surface area contributed by atoms with Crippen molar-refractivity contribution in [2.75, 3.05) is 0 Å². The zero-order valence-corrected chi connectivity index (χ0v) is 9.09. The summed E-state index contributed by atoms with van der Waals surface area (Å²) in [4.78, 5) is 0. The van der Waals surface area contributed by atoms with Crippen LogP contribution in [-0.2, 0) is 6.54 Å². The summed E-state index contributed by atoms with van der Waals surface area (Å²) in [6.45, 7) is 12.0. The summed E-state index contributed by atoms with van der Waals surface area (Å²) in [7, 11) is 0. The molecule has 1 heteroatoms. The van der Waals surface area contributed by atoms with Gasteiger partial charge in [-0.25, -0.2) is 0 Å². The second-order valence-corrected chi connectivity index (χ2v) is 2.58. The van der Waals surface area contributed by atoms with E-state index >= 15 is 0 Å². The summed E-state index contributed by atoms with van der Waals surface area (Å²) in [5.74, 6) is 0. The third-order valence-corrected chi connectivity index (χ3v) is 1.83. The summed E-state index contributed by atoms with van der Waals surface area (Å²) in [6.07, 6.45) is 3.63. The molecule has 0 amide bonds. The fourth-order valence-electron chi connectivity index (χ4n) is 1.11. The molecule has 0 aromatic heterocycles. The van der Waals surface area contributed by atoms with E-state index in [9.17, 15) is 0 Å². The zero-order valence-electron chi connectivity index (χ0n) is 9.09. The van der Waals surface area contributed by atoms with Gasteiger partial charge in [0.15, 0.2) is 0 Å². The third kappa shape index (κ3) is 3.19. The highest BCUT2D eigenvalue weighted by Crippen LogP contribution is 2.14. The standard InChI is InChI=1S/C11H13N.C2H6/c1-3-10-6-5-9(8-12)7-11(10)4-2;1-2/h3-7H,1-2,8,12H2;1-2H3. The van der Waals surface area contributed by atoms with Gasteiger partial charge in [-0.1, -0.05) is 51.3 Å². The molecular formula is C13H19N. The molecule has 14 heavy (non-hydrogen) atoms. The molecule has 0 atom stereocenters. The fourth-order valence-corrected chi connectivity index (χ4v) is 1.11. The number of benzene rings is 1.